The largest absolute Gasteiger partial charge is 0.481 e. The second-order valence-electron chi connectivity index (χ2n) is 9.12. The molecule has 1 heterocycles. The van der Waals surface area contributed by atoms with Gasteiger partial charge in [0.15, 0.2) is 0 Å². The molecule has 11 nitrogen and oxygen atoms in total. The van der Waals surface area contributed by atoms with Crippen molar-refractivity contribution in [2.75, 3.05) is 6.54 Å². The van der Waals surface area contributed by atoms with Crippen LogP contribution in [0.5, 0.6) is 0 Å². The third-order valence-electron chi connectivity index (χ3n) is 5.98. The van der Waals surface area contributed by atoms with Crippen molar-refractivity contribution in [1.82, 2.24) is 15.5 Å². The predicted molar refractivity (Wildman–Crippen MR) is 120 cm³/mol. The molecule has 1 fully saturated rings. The quantitative estimate of drug-likeness (QED) is 0.255. The molecule has 0 aliphatic carbocycles. The number of likely N-dealkylation sites (tertiary alicyclic amines) is 1. The lowest BCUT2D eigenvalue weighted by atomic mass is 9.98. The van der Waals surface area contributed by atoms with Crippen LogP contribution >= 0.6 is 0 Å². The van der Waals surface area contributed by atoms with E-state index in [0.717, 1.165) is 0 Å². The molecule has 0 spiro atoms. The lowest BCUT2D eigenvalue weighted by molar-refractivity contribution is -0.144. The normalized spacial score (nSPS) is 19.5. The monoisotopic (exact) mass is 470 g/mol. The van der Waals surface area contributed by atoms with Crippen molar-refractivity contribution < 1.29 is 34.2 Å². The Bertz CT molecular complexity index is 728. The van der Waals surface area contributed by atoms with Gasteiger partial charge in [-0.15, -0.1) is 0 Å². The number of nitrogens with two attached hydrogens (primary N) is 1. The highest BCUT2D eigenvalue weighted by Crippen LogP contribution is 2.21. The number of carbonyl (C=O) groups is 5. The summed E-state index contributed by atoms with van der Waals surface area (Å²) in [6.45, 7) is 7.75. The standard InChI is InChI=1S/C22H38N4O7/c1-5-13(4)18(23)21(31)26-10-6-7-16(26)20(30)24-14(8-9-17(27)28)19(29)25-15(22(32)33)11-12(2)3/h12-16,18H,5-11,23H2,1-4H3,(H,24,30)(H,25,29)(H,27,28)(H,32,33). The number of carboxylic acid groups (broad SMARTS) is 2. The van der Waals surface area contributed by atoms with Gasteiger partial charge in [0.1, 0.15) is 18.1 Å². The van der Waals surface area contributed by atoms with Crippen molar-refractivity contribution in [3.05, 3.63) is 0 Å². The average molecular weight is 471 g/mol. The minimum Gasteiger partial charge on any atom is -0.481 e. The molecule has 0 saturated carbocycles. The van der Waals surface area contributed by atoms with Gasteiger partial charge in [-0.3, -0.25) is 19.2 Å². The number of nitrogens with one attached hydrogen (secondary N) is 2. The van der Waals surface area contributed by atoms with Crippen molar-refractivity contribution in [1.29, 1.82) is 0 Å². The predicted octanol–water partition coefficient (Wildman–Crippen LogP) is 0.316. The van der Waals surface area contributed by atoms with Gasteiger partial charge in [0.05, 0.1) is 6.04 Å². The first-order chi connectivity index (χ1) is 15.4. The molecule has 5 atom stereocenters. The molecule has 33 heavy (non-hydrogen) atoms. The third-order valence-corrected chi connectivity index (χ3v) is 5.98. The van der Waals surface area contributed by atoms with Gasteiger partial charge in [-0.1, -0.05) is 34.1 Å². The zero-order valence-electron chi connectivity index (χ0n) is 19.9. The first kappa shape index (κ1) is 28.3. The van der Waals surface area contributed by atoms with E-state index in [9.17, 15) is 29.1 Å². The molecule has 0 radical (unpaired) electrons. The molecule has 11 heteroatoms. The molecule has 1 aliphatic rings. The van der Waals surface area contributed by atoms with Crippen LogP contribution in [0.15, 0.2) is 0 Å². The Morgan fingerprint density at radius 1 is 1.06 bits per heavy atom. The highest BCUT2D eigenvalue weighted by Gasteiger charge is 2.38. The van der Waals surface area contributed by atoms with Crippen LogP contribution in [0.3, 0.4) is 0 Å². The molecule has 3 amide bonds. The number of hydrogen-bond donors (Lipinski definition) is 5. The maximum Gasteiger partial charge on any atom is 0.326 e. The molecule has 0 aromatic heterocycles. The number of rotatable bonds is 13. The third kappa shape index (κ3) is 8.64. The Morgan fingerprint density at radius 3 is 2.21 bits per heavy atom. The Balaban J connectivity index is 2.96. The van der Waals surface area contributed by atoms with Crippen LogP contribution in [-0.2, 0) is 24.0 Å². The second kappa shape index (κ2) is 13.1. The fourth-order valence-corrected chi connectivity index (χ4v) is 3.76. The molecule has 0 aromatic carbocycles. The molecule has 6 N–H and O–H groups in total. The summed E-state index contributed by atoms with van der Waals surface area (Å²) in [4.78, 5) is 62.5. The zero-order valence-corrected chi connectivity index (χ0v) is 19.9. The fourth-order valence-electron chi connectivity index (χ4n) is 3.76. The summed E-state index contributed by atoms with van der Waals surface area (Å²) in [5, 5.41) is 23.3. The van der Waals surface area contributed by atoms with Gasteiger partial charge in [0.25, 0.3) is 0 Å². The maximum atomic E-state index is 13.0. The van der Waals surface area contributed by atoms with E-state index in [-0.39, 0.29) is 30.6 Å². The molecular weight excluding hydrogens is 432 g/mol. The van der Waals surface area contributed by atoms with E-state index in [2.05, 4.69) is 10.6 Å². The lowest BCUT2D eigenvalue weighted by Gasteiger charge is -2.30. The minimum absolute atomic E-state index is 0.00811. The number of carbonyl (C=O) groups excluding carboxylic acids is 3. The van der Waals surface area contributed by atoms with Gasteiger partial charge in [0.2, 0.25) is 17.7 Å². The SMILES string of the molecule is CCC(C)C(N)C(=O)N1CCCC1C(=O)NC(CCC(=O)O)C(=O)NC(CC(C)C)C(=O)O. The van der Waals surface area contributed by atoms with Crippen LogP contribution in [0, 0.1) is 11.8 Å². The minimum atomic E-state index is -1.25. The van der Waals surface area contributed by atoms with Crippen LogP contribution < -0.4 is 16.4 Å². The Hall–Kier alpha value is -2.69. The van der Waals surface area contributed by atoms with Gasteiger partial charge in [-0.2, -0.15) is 0 Å². The van der Waals surface area contributed by atoms with E-state index in [1.54, 1.807) is 0 Å². The molecule has 1 rings (SSSR count). The van der Waals surface area contributed by atoms with E-state index in [1.807, 2.05) is 27.7 Å². The summed E-state index contributed by atoms with van der Waals surface area (Å²) in [7, 11) is 0. The van der Waals surface area contributed by atoms with Gasteiger partial charge in [-0.05, 0) is 37.5 Å². The van der Waals surface area contributed by atoms with Crippen LogP contribution in [0.1, 0.15) is 66.2 Å². The van der Waals surface area contributed by atoms with Crippen LogP contribution in [0.4, 0.5) is 0 Å². The molecule has 0 bridgehead atoms. The van der Waals surface area contributed by atoms with E-state index in [1.165, 1.54) is 4.90 Å². The van der Waals surface area contributed by atoms with Crippen LogP contribution in [-0.4, -0.2) is 75.5 Å². The molecule has 1 saturated heterocycles. The topological polar surface area (TPSA) is 179 Å². The highest BCUT2D eigenvalue weighted by molar-refractivity contribution is 5.94. The van der Waals surface area contributed by atoms with Crippen molar-refractivity contribution in [2.24, 2.45) is 17.6 Å². The van der Waals surface area contributed by atoms with E-state index in [4.69, 9.17) is 10.8 Å². The summed E-state index contributed by atoms with van der Waals surface area (Å²) in [6.07, 6.45) is 1.26. The average Bonchev–Trinajstić information content (AvgIpc) is 3.23. The first-order valence-electron chi connectivity index (χ1n) is 11.5. The summed E-state index contributed by atoms with van der Waals surface area (Å²) in [5.74, 6) is -4.14. The summed E-state index contributed by atoms with van der Waals surface area (Å²) >= 11 is 0. The van der Waals surface area contributed by atoms with Crippen molar-refractivity contribution >= 4 is 29.7 Å². The van der Waals surface area contributed by atoms with E-state index < -0.39 is 54.3 Å². The van der Waals surface area contributed by atoms with Crippen LogP contribution in [0.25, 0.3) is 0 Å². The number of aliphatic carboxylic acids is 2. The van der Waals surface area contributed by atoms with E-state index >= 15 is 0 Å². The molecule has 0 aromatic rings. The smallest absolute Gasteiger partial charge is 0.326 e. The van der Waals surface area contributed by atoms with Gasteiger partial charge in [0, 0.05) is 13.0 Å². The molecule has 1 aliphatic heterocycles. The molecular formula is C22H38N4O7. The molecule has 5 unspecified atom stereocenters. The fraction of sp³-hybridized carbons (Fsp3) is 0.773. The number of amides is 3. The first-order valence-corrected chi connectivity index (χ1v) is 11.5. The van der Waals surface area contributed by atoms with Crippen molar-refractivity contribution in [3.63, 3.8) is 0 Å². The van der Waals surface area contributed by atoms with Crippen molar-refractivity contribution in [2.45, 2.75) is 90.4 Å². The number of carboxylic acids is 2. The van der Waals surface area contributed by atoms with Gasteiger partial charge < -0.3 is 31.5 Å². The van der Waals surface area contributed by atoms with Crippen LogP contribution in [0.2, 0.25) is 0 Å². The summed E-state index contributed by atoms with van der Waals surface area (Å²) in [5.41, 5.74) is 6.06. The number of nitrogens with zero attached hydrogens (tertiary/aromatic N) is 1. The van der Waals surface area contributed by atoms with E-state index in [0.29, 0.717) is 25.8 Å². The zero-order chi connectivity index (χ0) is 25.3. The summed E-state index contributed by atoms with van der Waals surface area (Å²) in [6, 6.07) is -3.98. The molecule has 188 valence electrons. The lowest BCUT2D eigenvalue weighted by Crippen LogP contribution is -2.57. The van der Waals surface area contributed by atoms with Gasteiger partial charge >= 0.3 is 11.9 Å². The Kier molecular flexibility index (Phi) is 11.3. The Morgan fingerprint density at radius 2 is 1.70 bits per heavy atom. The second-order valence-corrected chi connectivity index (χ2v) is 9.12. The number of hydrogen-bond acceptors (Lipinski definition) is 6. The van der Waals surface area contributed by atoms with Gasteiger partial charge in [-0.25, -0.2) is 4.79 Å². The Labute approximate surface area is 194 Å². The van der Waals surface area contributed by atoms with Crippen molar-refractivity contribution in [3.8, 4) is 0 Å². The highest BCUT2D eigenvalue weighted by atomic mass is 16.4. The maximum absolute atomic E-state index is 13.0. The summed E-state index contributed by atoms with van der Waals surface area (Å²) < 4.78 is 0.